The largest absolute Gasteiger partial charge is 0.388 e. The lowest BCUT2D eigenvalue weighted by Crippen LogP contribution is -2.28. The normalized spacial score (nSPS) is 23.4. The smallest absolute Gasteiger partial charge is 0.0991 e. The third-order valence-corrected chi connectivity index (χ3v) is 5.67. The second-order valence-corrected chi connectivity index (χ2v) is 6.89. The van der Waals surface area contributed by atoms with Crippen molar-refractivity contribution in [3.8, 4) is 17.3 Å². The van der Waals surface area contributed by atoms with E-state index in [2.05, 4.69) is 39.9 Å². The molecule has 0 spiro atoms. The maximum absolute atomic E-state index is 11.1. The van der Waals surface area contributed by atoms with E-state index in [4.69, 9.17) is 5.26 Å². The maximum Gasteiger partial charge on any atom is 0.0991 e. The Bertz CT molecular complexity index is 1010. The summed E-state index contributed by atoms with van der Waals surface area (Å²) in [5.41, 5.74) is 6.32. The first kappa shape index (κ1) is 14.4. The van der Waals surface area contributed by atoms with Crippen LogP contribution in [0.1, 0.15) is 40.8 Å². The van der Waals surface area contributed by atoms with Gasteiger partial charge in [0, 0.05) is 11.5 Å². The van der Waals surface area contributed by atoms with Gasteiger partial charge in [-0.05, 0) is 41.7 Å². The number of nitriles is 1. The molecule has 0 saturated heterocycles. The highest BCUT2D eigenvalue weighted by atomic mass is 16.3. The highest BCUT2D eigenvalue weighted by Gasteiger charge is 2.40. The van der Waals surface area contributed by atoms with Crippen LogP contribution in [0.4, 0.5) is 0 Å². The molecule has 0 amide bonds. The minimum absolute atomic E-state index is 0.0945. The Hall–Kier alpha value is -2.90. The fourth-order valence-electron chi connectivity index (χ4n) is 4.53. The van der Waals surface area contributed by atoms with E-state index in [9.17, 15) is 5.11 Å². The van der Waals surface area contributed by atoms with E-state index in [0.29, 0.717) is 5.56 Å². The first-order valence-electron chi connectivity index (χ1n) is 8.60. The van der Waals surface area contributed by atoms with Crippen LogP contribution in [0.5, 0.6) is 0 Å². The molecule has 4 nitrogen and oxygen atoms in total. The lowest BCUT2D eigenvalue weighted by Gasteiger charge is -2.35. The first-order valence-corrected chi connectivity index (χ1v) is 8.60. The van der Waals surface area contributed by atoms with E-state index in [0.717, 1.165) is 29.7 Å². The molecule has 3 aromatic rings. The molecule has 1 aliphatic carbocycles. The molecule has 2 aromatic carbocycles. The second-order valence-electron chi connectivity index (χ2n) is 6.89. The van der Waals surface area contributed by atoms with Crippen molar-refractivity contribution >= 4 is 0 Å². The zero-order chi connectivity index (χ0) is 17.0. The Balaban J connectivity index is 1.60. The van der Waals surface area contributed by atoms with E-state index in [-0.39, 0.29) is 12.0 Å². The van der Waals surface area contributed by atoms with Crippen molar-refractivity contribution in [2.75, 3.05) is 0 Å². The molecule has 3 atom stereocenters. The first-order chi connectivity index (χ1) is 12.3. The van der Waals surface area contributed by atoms with Gasteiger partial charge in [-0.1, -0.05) is 30.3 Å². The molecule has 2 heterocycles. The van der Waals surface area contributed by atoms with E-state index < -0.39 is 6.10 Å². The minimum atomic E-state index is -0.539. The quantitative estimate of drug-likeness (QED) is 0.742. The molecule has 0 bridgehead atoms. The molecule has 2 aliphatic rings. The van der Waals surface area contributed by atoms with Crippen LogP contribution < -0.4 is 0 Å². The van der Waals surface area contributed by atoms with E-state index in [1.54, 1.807) is 6.07 Å². The van der Waals surface area contributed by atoms with Gasteiger partial charge >= 0.3 is 0 Å². The van der Waals surface area contributed by atoms with Crippen molar-refractivity contribution < 1.29 is 5.11 Å². The van der Waals surface area contributed by atoms with Crippen molar-refractivity contribution in [2.45, 2.75) is 25.0 Å². The van der Waals surface area contributed by atoms with Gasteiger partial charge in [0.05, 0.1) is 42.0 Å². The van der Waals surface area contributed by atoms with Crippen LogP contribution in [0, 0.1) is 17.2 Å². The van der Waals surface area contributed by atoms with Crippen LogP contribution in [0.3, 0.4) is 0 Å². The topological polar surface area (TPSA) is 61.8 Å². The van der Waals surface area contributed by atoms with Gasteiger partial charge in [0.15, 0.2) is 0 Å². The molecule has 0 radical (unpaired) electrons. The third-order valence-electron chi connectivity index (χ3n) is 5.67. The van der Waals surface area contributed by atoms with Crippen LogP contribution in [-0.4, -0.2) is 14.7 Å². The predicted octanol–water partition coefficient (Wildman–Crippen LogP) is 3.62. The number of aryl methyl sites for hydroxylation is 1. The zero-order valence-electron chi connectivity index (χ0n) is 13.6. The van der Waals surface area contributed by atoms with Gasteiger partial charge in [-0.2, -0.15) is 5.26 Å². The fraction of sp³-hybridized carbons (Fsp3) is 0.238. The summed E-state index contributed by atoms with van der Waals surface area (Å²) in [6, 6.07) is 16.3. The Morgan fingerprint density at radius 2 is 2.04 bits per heavy atom. The summed E-state index contributed by atoms with van der Waals surface area (Å²) in [6.45, 7) is 0. The summed E-state index contributed by atoms with van der Waals surface area (Å²) in [5.74, 6) is 0.0945. The van der Waals surface area contributed by atoms with Gasteiger partial charge in [0.1, 0.15) is 0 Å². The van der Waals surface area contributed by atoms with Crippen molar-refractivity contribution in [2.24, 2.45) is 5.92 Å². The van der Waals surface area contributed by atoms with Crippen molar-refractivity contribution in [1.82, 2.24) is 9.55 Å². The summed E-state index contributed by atoms with van der Waals surface area (Å²) >= 11 is 0. The van der Waals surface area contributed by atoms with Crippen molar-refractivity contribution in [1.29, 1.82) is 5.26 Å². The number of aliphatic hydroxyl groups is 1. The van der Waals surface area contributed by atoms with Crippen LogP contribution in [0.25, 0.3) is 11.3 Å². The summed E-state index contributed by atoms with van der Waals surface area (Å²) in [7, 11) is 0. The highest BCUT2D eigenvalue weighted by molar-refractivity contribution is 5.69. The van der Waals surface area contributed by atoms with Gasteiger partial charge in [-0.15, -0.1) is 0 Å². The Kier molecular flexibility index (Phi) is 3.06. The summed E-state index contributed by atoms with van der Waals surface area (Å²) in [5, 5.41) is 20.2. The Labute approximate surface area is 146 Å². The van der Waals surface area contributed by atoms with Gasteiger partial charge in [0.25, 0.3) is 0 Å². The number of hydrogen-bond acceptors (Lipinski definition) is 3. The Morgan fingerprint density at radius 3 is 2.92 bits per heavy atom. The van der Waals surface area contributed by atoms with Crippen LogP contribution in [0.15, 0.2) is 55.0 Å². The fourth-order valence-corrected chi connectivity index (χ4v) is 4.53. The molecule has 122 valence electrons. The predicted molar refractivity (Wildman–Crippen MR) is 93.7 cm³/mol. The summed E-state index contributed by atoms with van der Waals surface area (Å²) < 4.78 is 2.20. The average molecular weight is 327 g/mol. The number of nitrogens with zero attached hydrogens (tertiary/aromatic N) is 3. The number of hydrogen-bond donors (Lipinski definition) is 1. The van der Waals surface area contributed by atoms with Crippen molar-refractivity contribution in [3.63, 3.8) is 0 Å². The highest BCUT2D eigenvalue weighted by Crippen LogP contribution is 2.49. The lowest BCUT2D eigenvalue weighted by molar-refractivity contribution is 0.0720. The Morgan fingerprint density at radius 1 is 1.16 bits per heavy atom. The molecule has 0 saturated carbocycles. The molecule has 25 heavy (non-hydrogen) atoms. The number of fused-ring (bicyclic) bond motifs is 4. The molecule has 4 heteroatoms. The SMILES string of the molecule is N#Cc1ccc2c(c1)CC[C@H]([C@@H]1c3ccccc3-c3cncn31)[C@H]2O. The number of aliphatic hydroxyl groups excluding tert-OH is 1. The van der Waals surface area contributed by atoms with E-state index in [1.807, 2.05) is 24.7 Å². The molecule has 5 rings (SSSR count). The minimum Gasteiger partial charge on any atom is -0.388 e. The van der Waals surface area contributed by atoms with Crippen LogP contribution in [-0.2, 0) is 6.42 Å². The number of aromatic nitrogens is 2. The standard InChI is InChI=1S/C21H17N3O/c22-10-13-5-7-15-14(9-13)6-8-18(21(15)25)20-17-4-2-1-3-16(17)19-11-23-12-24(19)20/h1-5,7,9,11-12,18,20-21,25H,6,8H2/t18-,20+,21+/m1/s1. The molecular formula is C21H17N3O. The molecule has 0 unspecified atom stereocenters. The molecule has 1 aromatic heterocycles. The van der Waals surface area contributed by atoms with Gasteiger partial charge in [-0.3, -0.25) is 0 Å². The molecule has 1 aliphatic heterocycles. The molecule has 0 fully saturated rings. The average Bonchev–Trinajstić information content (AvgIpc) is 3.23. The maximum atomic E-state index is 11.1. The number of benzene rings is 2. The number of rotatable bonds is 1. The molecule has 1 N–H and O–H groups in total. The second kappa shape index (κ2) is 5.30. The molecular weight excluding hydrogens is 310 g/mol. The van der Waals surface area contributed by atoms with Crippen molar-refractivity contribution in [3.05, 3.63) is 77.2 Å². The van der Waals surface area contributed by atoms with Gasteiger partial charge < -0.3 is 9.67 Å². The third kappa shape index (κ3) is 2.00. The summed E-state index contributed by atoms with van der Waals surface area (Å²) in [6.07, 6.45) is 5.01. The van der Waals surface area contributed by atoms with E-state index in [1.165, 1.54) is 11.1 Å². The van der Waals surface area contributed by atoms with Crippen LogP contribution in [0.2, 0.25) is 0 Å². The number of imidazole rings is 1. The monoisotopic (exact) mass is 327 g/mol. The lowest BCUT2D eigenvalue weighted by atomic mass is 9.75. The zero-order valence-corrected chi connectivity index (χ0v) is 13.6. The van der Waals surface area contributed by atoms with Crippen LogP contribution >= 0.6 is 0 Å². The van der Waals surface area contributed by atoms with Gasteiger partial charge in [-0.25, -0.2) is 4.98 Å². The van der Waals surface area contributed by atoms with E-state index >= 15 is 0 Å². The van der Waals surface area contributed by atoms with Gasteiger partial charge in [0.2, 0.25) is 0 Å². The summed E-state index contributed by atoms with van der Waals surface area (Å²) in [4.78, 5) is 4.33.